The van der Waals surface area contributed by atoms with Gasteiger partial charge in [-0.1, -0.05) is 0 Å². The van der Waals surface area contributed by atoms with E-state index in [1.807, 2.05) is 0 Å². The fourth-order valence-electron chi connectivity index (χ4n) is 1.56. The molecule has 0 fully saturated rings. The third kappa shape index (κ3) is 4.69. The van der Waals surface area contributed by atoms with Gasteiger partial charge in [-0.05, 0) is 5.56 Å². The molecule has 0 radical (unpaired) electrons. The number of carbonyl (C=O) groups excluding carboxylic acids is 1. The highest BCUT2D eigenvalue weighted by Crippen LogP contribution is 2.36. The molecule has 0 atom stereocenters. The molecule has 1 rings (SSSR count). The van der Waals surface area contributed by atoms with Gasteiger partial charge in [0.05, 0.1) is 36.9 Å². The van der Waals surface area contributed by atoms with Crippen molar-refractivity contribution >= 4 is 17.6 Å². The van der Waals surface area contributed by atoms with E-state index in [1.165, 1.54) is 0 Å². The molecule has 1 heterocycles. The summed E-state index contributed by atoms with van der Waals surface area (Å²) in [4.78, 5) is 14.7. The Labute approximate surface area is 120 Å². The van der Waals surface area contributed by atoms with Crippen LogP contribution in [0.3, 0.4) is 0 Å². The van der Waals surface area contributed by atoms with Gasteiger partial charge in [0.15, 0.2) is 5.75 Å². The topological polar surface area (TPSA) is 48.4 Å². The van der Waals surface area contributed by atoms with Crippen LogP contribution in [0.25, 0.3) is 0 Å². The average Bonchev–Trinajstić information content (AvgIpc) is 2.36. The molecule has 0 saturated heterocycles. The quantitative estimate of drug-likeness (QED) is 0.471. The maximum absolute atomic E-state index is 13.1. The Bertz CT molecular complexity index is 521. The largest absolute Gasteiger partial charge is 0.573 e. The minimum Gasteiger partial charge on any atom is -0.469 e. The van der Waals surface area contributed by atoms with Crippen LogP contribution in [-0.2, 0) is 21.8 Å². The summed E-state index contributed by atoms with van der Waals surface area (Å²) in [5, 5.41) is 0. The van der Waals surface area contributed by atoms with Gasteiger partial charge in [0, 0.05) is 0 Å². The smallest absolute Gasteiger partial charge is 0.469 e. The molecule has 0 unspecified atom stereocenters. The summed E-state index contributed by atoms with van der Waals surface area (Å²) in [7, 11) is 1.01. The molecule has 1 aromatic heterocycles. The van der Waals surface area contributed by atoms with Crippen LogP contribution in [0.5, 0.6) is 5.75 Å². The zero-order valence-corrected chi connectivity index (χ0v) is 11.3. The van der Waals surface area contributed by atoms with Crippen LogP contribution in [0, 0.1) is 0 Å². The molecule has 4 nitrogen and oxygen atoms in total. The van der Waals surface area contributed by atoms with E-state index in [9.17, 15) is 26.7 Å². The van der Waals surface area contributed by atoms with Gasteiger partial charge >= 0.3 is 12.3 Å². The van der Waals surface area contributed by atoms with E-state index in [0.717, 1.165) is 7.11 Å². The van der Waals surface area contributed by atoms with E-state index in [0.29, 0.717) is 6.20 Å². The van der Waals surface area contributed by atoms with Crippen LogP contribution < -0.4 is 4.74 Å². The lowest BCUT2D eigenvalue weighted by Gasteiger charge is -2.17. The number of aromatic nitrogens is 1. The van der Waals surface area contributed by atoms with Gasteiger partial charge in [0.1, 0.15) is 0 Å². The Balaban J connectivity index is 3.41. The van der Waals surface area contributed by atoms with Crippen LogP contribution in [-0.4, -0.2) is 24.4 Å². The highest BCUT2D eigenvalue weighted by atomic mass is 35.5. The number of alkyl halides is 6. The predicted octanol–water partition coefficient (Wildman–Crippen LogP) is 3.37. The molecule has 0 spiro atoms. The fourth-order valence-corrected chi connectivity index (χ4v) is 1.79. The zero-order valence-electron chi connectivity index (χ0n) is 10.5. The van der Waals surface area contributed by atoms with Crippen LogP contribution in [0.15, 0.2) is 6.20 Å². The summed E-state index contributed by atoms with van der Waals surface area (Å²) in [6.07, 6.45) is -8.68. The third-order valence-corrected chi connectivity index (χ3v) is 2.65. The van der Waals surface area contributed by atoms with E-state index in [2.05, 4.69) is 14.5 Å². The molecule has 10 heteroatoms. The van der Waals surface area contributed by atoms with Crippen molar-refractivity contribution in [3.05, 3.63) is 23.0 Å². The minimum absolute atomic E-state index is 0.146. The maximum atomic E-state index is 13.1. The van der Waals surface area contributed by atoms with E-state index in [-0.39, 0.29) is 11.6 Å². The van der Waals surface area contributed by atoms with Crippen molar-refractivity contribution in [1.29, 1.82) is 0 Å². The van der Waals surface area contributed by atoms with E-state index in [1.54, 1.807) is 0 Å². The van der Waals surface area contributed by atoms with Crippen molar-refractivity contribution in [2.75, 3.05) is 7.11 Å². The lowest BCUT2D eigenvalue weighted by molar-refractivity contribution is -0.275. The van der Waals surface area contributed by atoms with E-state index < -0.39 is 42.1 Å². The Morgan fingerprint density at radius 3 is 2.48 bits per heavy atom. The first kappa shape index (κ1) is 17.4. The molecule has 21 heavy (non-hydrogen) atoms. The van der Waals surface area contributed by atoms with E-state index >= 15 is 0 Å². The van der Waals surface area contributed by atoms with Gasteiger partial charge in [-0.15, -0.1) is 24.8 Å². The van der Waals surface area contributed by atoms with Gasteiger partial charge in [-0.25, -0.2) is 8.78 Å². The predicted molar refractivity (Wildman–Crippen MR) is 61.2 cm³/mol. The molecule has 0 amide bonds. The monoisotopic (exact) mass is 333 g/mol. The highest BCUT2D eigenvalue weighted by molar-refractivity contribution is 6.17. The van der Waals surface area contributed by atoms with Crippen molar-refractivity contribution in [2.45, 2.75) is 25.1 Å². The number of pyridine rings is 1. The SMILES string of the molecule is COC(=O)Cc1c(CCl)ncc(OC(F)(F)F)c1C(F)F. The van der Waals surface area contributed by atoms with E-state index in [4.69, 9.17) is 11.6 Å². The number of esters is 1. The fraction of sp³-hybridized carbons (Fsp3) is 0.455. The van der Waals surface area contributed by atoms with Crippen molar-refractivity contribution in [3.8, 4) is 5.75 Å². The average molecular weight is 334 g/mol. The van der Waals surface area contributed by atoms with Crippen molar-refractivity contribution in [2.24, 2.45) is 0 Å². The first-order valence-electron chi connectivity index (χ1n) is 5.37. The summed E-state index contributed by atoms with van der Waals surface area (Å²) in [6.45, 7) is 0. The number of carbonyl (C=O) groups is 1. The number of rotatable bonds is 5. The Morgan fingerprint density at radius 2 is 2.05 bits per heavy atom. The molecule has 118 valence electrons. The highest BCUT2D eigenvalue weighted by Gasteiger charge is 2.35. The first-order valence-corrected chi connectivity index (χ1v) is 5.90. The van der Waals surface area contributed by atoms with Gasteiger partial charge in [0.25, 0.3) is 6.43 Å². The molecule has 0 saturated carbocycles. The Kier molecular flexibility index (Phi) is 5.70. The molecule has 0 N–H and O–H groups in total. The third-order valence-electron chi connectivity index (χ3n) is 2.40. The van der Waals surface area contributed by atoms with Crippen LogP contribution in [0.1, 0.15) is 23.2 Å². The summed E-state index contributed by atoms with van der Waals surface area (Å²) >= 11 is 5.50. The van der Waals surface area contributed by atoms with Crippen LogP contribution in [0.2, 0.25) is 0 Å². The molecule has 0 aliphatic rings. The lowest BCUT2D eigenvalue weighted by atomic mass is 10.0. The molecular weight excluding hydrogens is 325 g/mol. The molecule has 0 bridgehead atoms. The van der Waals surface area contributed by atoms with Gasteiger partial charge in [0.2, 0.25) is 0 Å². The summed E-state index contributed by atoms with van der Waals surface area (Å²) in [5.74, 6) is -2.46. The Hall–Kier alpha value is -1.64. The number of hydrogen-bond acceptors (Lipinski definition) is 4. The van der Waals surface area contributed by atoms with Crippen LogP contribution in [0.4, 0.5) is 22.0 Å². The molecule has 0 aliphatic carbocycles. The maximum Gasteiger partial charge on any atom is 0.573 e. The number of nitrogens with zero attached hydrogens (tertiary/aromatic N) is 1. The summed E-state index contributed by atoms with van der Waals surface area (Å²) in [5.41, 5.74) is -1.66. The summed E-state index contributed by atoms with van der Waals surface area (Å²) < 4.78 is 70.6. The summed E-state index contributed by atoms with van der Waals surface area (Å²) in [6, 6.07) is 0. The molecular formula is C11H9ClF5NO3. The van der Waals surface area contributed by atoms with Gasteiger partial charge in [-0.2, -0.15) is 0 Å². The molecule has 1 aromatic rings. The van der Waals surface area contributed by atoms with Crippen molar-refractivity contribution < 1.29 is 36.2 Å². The first-order chi connectivity index (χ1) is 9.69. The van der Waals surface area contributed by atoms with Crippen molar-refractivity contribution in [3.63, 3.8) is 0 Å². The standard InChI is InChI=1S/C11H9ClF5NO3/c1-20-8(19)2-5-6(3-12)18-4-7(9(5)10(13)14)21-11(15,16)17/h4,10H,2-3H2,1H3. The van der Waals surface area contributed by atoms with Gasteiger partial charge < -0.3 is 9.47 Å². The minimum atomic E-state index is -5.17. The molecule has 0 aliphatic heterocycles. The molecule has 0 aromatic carbocycles. The number of halogens is 6. The normalized spacial score (nSPS) is 11.6. The second-order valence-electron chi connectivity index (χ2n) is 3.70. The second kappa shape index (κ2) is 6.88. The zero-order chi connectivity index (χ0) is 16.2. The van der Waals surface area contributed by atoms with Crippen molar-refractivity contribution in [1.82, 2.24) is 4.98 Å². The number of hydrogen-bond donors (Lipinski definition) is 0. The number of methoxy groups -OCH3 is 1. The lowest BCUT2D eigenvalue weighted by Crippen LogP contribution is -2.20. The number of ether oxygens (including phenoxy) is 2. The van der Waals surface area contributed by atoms with Crippen LogP contribution >= 0.6 is 11.6 Å². The van der Waals surface area contributed by atoms with Gasteiger partial charge in [-0.3, -0.25) is 9.78 Å². The second-order valence-corrected chi connectivity index (χ2v) is 3.96. The Morgan fingerprint density at radius 1 is 1.43 bits per heavy atom.